The molecule has 2 atom stereocenters. The molecule has 0 saturated carbocycles. The minimum atomic E-state index is -0.380. The summed E-state index contributed by atoms with van der Waals surface area (Å²) in [4.78, 5) is 4.74. The van der Waals surface area contributed by atoms with E-state index in [0.717, 1.165) is 45.2 Å². The molecular formula is C27H23ClN4O3S. The van der Waals surface area contributed by atoms with E-state index < -0.39 is 0 Å². The van der Waals surface area contributed by atoms with E-state index >= 15 is 0 Å². The van der Waals surface area contributed by atoms with E-state index in [1.165, 1.54) is 11.8 Å². The molecule has 0 fully saturated rings. The van der Waals surface area contributed by atoms with Crippen LogP contribution in [0.2, 0.25) is 5.02 Å². The molecule has 3 heterocycles. The zero-order valence-electron chi connectivity index (χ0n) is 19.9. The van der Waals surface area contributed by atoms with Gasteiger partial charge >= 0.3 is 0 Å². The van der Waals surface area contributed by atoms with Crippen LogP contribution in [0.4, 0.5) is 5.95 Å². The number of benzene rings is 3. The summed E-state index contributed by atoms with van der Waals surface area (Å²) >= 11 is 7.94. The first-order chi connectivity index (χ1) is 17.6. The number of ether oxygens (including phenoxy) is 3. The Balaban J connectivity index is 1.60. The number of hydrogen-bond acceptors (Lipinski definition) is 7. The molecule has 0 amide bonds. The fraction of sp³-hybridized carbons (Fsp3) is 0.185. The third-order valence-corrected chi connectivity index (χ3v) is 7.22. The summed E-state index contributed by atoms with van der Waals surface area (Å²) < 4.78 is 19.4. The van der Waals surface area contributed by atoms with E-state index in [2.05, 4.69) is 17.4 Å². The molecule has 1 N–H and O–H groups in total. The van der Waals surface area contributed by atoms with Gasteiger partial charge in [0.05, 0.1) is 19.9 Å². The minimum Gasteiger partial charge on any atom is -0.497 e. The van der Waals surface area contributed by atoms with Crippen molar-refractivity contribution in [2.24, 2.45) is 0 Å². The van der Waals surface area contributed by atoms with Gasteiger partial charge in [0.2, 0.25) is 11.1 Å². The lowest BCUT2D eigenvalue weighted by Crippen LogP contribution is -2.32. The molecule has 1 aromatic heterocycles. The van der Waals surface area contributed by atoms with Gasteiger partial charge in [-0.05, 0) is 59.8 Å². The predicted molar refractivity (Wildman–Crippen MR) is 141 cm³/mol. The van der Waals surface area contributed by atoms with Gasteiger partial charge in [-0.2, -0.15) is 4.98 Å². The highest BCUT2D eigenvalue weighted by Crippen LogP contribution is 2.51. The van der Waals surface area contributed by atoms with Gasteiger partial charge in [-0.15, -0.1) is 5.10 Å². The first-order valence-corrected chi connectivity index (χ1v) is 13.0. The lowest BCUT2D eigenvalue weighted by molar-refractivity contribution is 0.222. The lowest BCUT2D eigenvalue weighted by atomic mass is 9.84. The Morgan fingerprint density at radius 3 is 2.25 bits per heavy atom. The van der Waals surface area contributed by atoms with E-state index in [-0.39, 0.29) is 12.1 Å². The Bertz CT molecular complexity index is 1470. The van der Waals surface area contributed by atoms with Gasteiger partial charge in [-0.25, -0.2) is 4.68 Å². The van der Waals surface area contributed by atoms with Crippen molar-refractivity contribution in [1.29, 1.82) is 0 Å². The summed E-state index contributed by atoms with van der Waals surface area (Å²) in [6.45, 7) is 0. The van der Waals surface area contributed by atoms with Gasteiger partial charge in [0, 0.05) is 16.2 Å². The summed E-state index contributed by atoms with van der Waals surface area (Å²) in [7, 11) is 3.32. The van der Waals surface area contributed by atoms with E-state index in [1.807, 2.05) is 65.5 Å². The Hall–Kier alpha value is -3.62. The number of fused-ring (bicyclic) bond motifs is 3. The fourth-order valence-electron chi connectivity index (χ4n) is 4.73. The third kappa shape index (κ3) is 3.77. The van der Waals surface area contributed by atoms with Crippen LogP contribution in [-0.4, -0.2) is 35.2 Å². The maximum absolute atomic E-state index is 6.67. The lowest BCUT2D eigenvalue weighted by Gasteiger charge is -2.39. The molecule has 3 aromatic carbocycles. The summed E-state index contributed by atoms with van der Waals surface area (Å²) in [5.41, 5.74) is 4.87. The molecule has 7 nitrogen and oxygen atoms in total. The van der Waals surface area contributed by atoms with Crippen LogP contribution in [-0.2, 0) is 0 Å². The quantitative estimate of drug-likeness (QED) is 0.314. The van der Waals surface area contributed by atoms with E-state index in [1.54, 1.807) is 14.2 Å². The molecule has 0 aliphatic carbocycles. The molecule has 36 heavy (non-hydrogen) atoms. The van der Waals surface area contributed by atoms with Crippen molar-refractivity contribution in [3.05, 3.63) is 94.0 Å². The maximum Gasteiger partial charge on any atom is 0.227 e. The van der Waals surface area contributed by atoms with Gasteiger partial charge in [0.1, 0.15) is 29.4 Å². The number of anilines is 1. The molecule has 0 bridgehead atoms. The van der Waals surface area contributed by atoms with Crippen LogP contribution < -0.4 is 19.5 Å². The Kier molecular flexibility index (Phi) is 5.78. The van der Waals surface area contributed by atoms with Crippen molar-refractivity contribution in [2.45, 2.75) is 17.3 Å². The summed E-state index contributed by atoms with van der Waals surface area (Å²) in [6.07, 6.45) is 1.59. The normalized spacial score (nSPS) is 17.9. The fourth-order valence-corrected chi connectivity index (χ4v) is 5.25. The molecule has 6 rings (SSSR count). The smallest absolute Gasteiger partial charge is 0.227 e. The Morgan fingerprint density at radius 1 is 0.944 bits per heavy atom. The van der Waals surface area contributed by atoms with Gasteiger partial charge < -0.3 is 19.5 Å². The van der Waals surface area contributed by atoms with Crippen molar-refractivity contribution >= 4 is 35.0 Å². The summed E-state index contributed by atoms with van der Waals surface area (Å²) in [6, 6.07) is 21.4. The predicted octanol–water partition coefficient (Wildman–Crippen LogP) is 6.23. The van der Waals surface area contributed by atoms with Crippen molar-refractivity contribution in [2.75, 3.05) is 25.8 Å². The highest BCUT2D eigenvalue weighted by Gasteiger charge is 2.41. The number of nitrogens with one attached hydrogen (secondary N) is 1. The number of rotatable bonds is 5. The number of thioether (sulfide) groups is 1. The largest absolute Gasteiger partial charge is 0.497 e. The van der Waals surface area contributed by atoms with E-state index in [0.29, 0.717) is 16.1 Å². The second-order valence-electron chi connectivity index (χ2n) is 8.41. The molecule has 2 aliphatic heterocycles. The highest BCUT2D eigenvalue weighted by atomic mass is 35.5. The van der Waals surface area contributed by atoms with E-state index in [4.69, 9.17) is 35.9 Å². The molecule has 0 radical (unpaired) electrons. The SMILES string of the molecule is COc1ccc([C@@H]2Oc3ccc(Cl)cc3C3=C2[C@H](c2ccc(OC)cc2)n2nc(SC)nc2N3)cc1. The van der Waals surface area contributed by atoms with Crippen LogP contribution >= 0.6 is 23.4 Å². The van der Waals surface area contributed by atoms with E-state index in [9.17, 15) is 0 Å². The molecular weight excluding hydrogens is 496 g/mol. The van der Waals surface area contributed by atoms with Crippen molar-refractivity contribution in [3.63, 3.8) is 0 Å². The molecule has 0 saturated heterocycles. The van der Waals surface area contributed by atoms with Gasteiger partial charge in [0.25, 0.3) is 0 Å². The Labute approximate surface area is 218 Å². The second-order valence-corrected chi connectivity index (χ2v) is 9.62. The van der Waals surface area contributed by atoms with Gasteiger partial charge in [-0.3, -0.25) is 0 Å². The molecule has 182 valence electrons. The van der Waals surface area contributed by atoms with Crippen molar-refractivity contribution < 1.29 is 14.2 Å². The van der Waals surface area contributed by atoms with Crippen LogP contribution in [0.1, 0.15) is 28.8 Å². The molecule has 0 spiro atoms. The second kappa shape index (κ2) is 9.11. The number of nitrogens with zero attached hydrogens (tertiary/aromatic N) is 3. The standard InChI is InChI=1S/C27H23ClN4O3S/c1-33-18-9-4-15(5-10-18)24-22-23(29-26-30-27(36-3)31-32(24)26)20-14-17(28)8-13-21(20)35-25(22)16-6-11-19(34-2)12-7-16/h4-14,24-25H,1-3H3,(H,29,30,31)/t24-,25-/m0/s1. The summed E-state index contributed by atoms with van der Waals surface area (Å²) in [5, 5.41) is 9.69. The summed E-state index contributed by atoms with van der Waals surface area (Å²) in [5.74, 6) is 2.99. The third-order valence-electron chi connectivity index (χ3n) is 6.45. The maximum atomic E-state index is 6.67. The number of methoxy groups -OCH3 is 2. The van der Waals surface area contributed by atoms with Gasteiger partial charge in [-0.1, -0.05) is 47.6 Å². The zero-order chi connectivity index (χ0) is 24.8. The number of halogens is 1. The number of hydrogen-bond donors (Lipinski definition) is 1. The first kappa shape index (κ1) is 22.8. The van der Waals surface area contributed by atoms with Crippen LogP contribution in [0.15, 0.2) is 77.5 Å². The molecule has 2 aliphatic rings. The van der Waals surface area contributed by atoms with Crippen LogP contribution in [0, 0.1) is 0 Å². The van der Waals surface area contributed by atoms with Crippen LogP contribution in [0.3, 0.4) is 0 Å². The Morgan fingerprint density at radius 2 is 1.61 bits per heavy atom. The molecule has 9 heteroatoms. The zero-order valence-corrected chi connectivity index (χ0v) is 21.4. The van der Waals surface area contributed by atoms with Gasteiger partial charge in [0.15, 0.2) is 0 Å². The average Bonchev–Trinajstić information content (AvgIpc) is 3.35. The van der Waals surface area contributed by atoms with Crippen LogP contribution in [0.25, 0.3) is 5.70 Å². The van der Waals surface area contributed by atoms with Crippen molar-refractivity contribution in [1.82, 2.24) is 14.8 Å². The topological polar surface area (TPSA) is 70.4 Å². The first-order valence-electron chi connectivity index (χ1n) is 11.4. The molecule has 0 unspecified atom stereocenters. The molecule has 4 aromatic rings. The average molecular weight is 519 g/mol. The number of aromatic nitrogens is 3. The monoisotopic (exact) mass is 518 g/mol. The van der Waals surface area contributed by atoms with Crippen LogP contribution in [0.5, 0.6) is 17.2 Å². The highest BCUT2D eigenvalue weighted by molar-refractivity contribution is 7.98. The minimum absolute atomic E-state index is 0.269. The van der Waals surface area contributed by atoms with Crippen molar-refractivity contribution in [3.8, 4) is 17.2 Å².